The van der Waals surface area contributed by atoms with Crippen LogP contribution in [0.1, 0.15) is 49.7 Å². The lowest BCUT2D eigenvalue weighted by Crippen LogP contribution is -2.31. The number of hydrogen-bond acceptors (Lipinski definition) is 6. The molecule has 1 N–H and O–H groups in total. The summed E-state index contributed by atoms with van der Waals surface area (Å²) in [5.41, 5.74) is -0.0943. The number of carbonyl (C=O) groups is 2. The third-order valence-electron chi connectivity index (χ3n) is 6.24. The molecule has 1 heterocycles. The standard InChI is InChI=1S/C27H27F3N2O4S2/c1-35-22-14-17(10-11-21(22)36-20-8-3-2-4-9-20)15-23-25(34)32(26(37)38-23)13-12-24(33)31-19-7-5-6-18(16-19)27(28,29)30/h5-7,10-11,14-16,20H,2-4,8-9,12-13H2,1H3,(H,31,33)/b23-15-. The van der Waals surface area contributed by atoms with Crippen molar-refractivity contribution in [3.63, 3.8) is 0 Å². The molecular weight excluding hydrogens is 537 g/mol. The first-order valence-corrected chi connectivity index (χ1v) is 13.4. The van der Waals surface area contributed by atoms with E-state index in [4.69, 9.17) is 21.7 Å². The maximum Gasteiger partial charge on any atom is 0.416 e. The fourth-order valence-corrected chi connectivity index (χ4v) is 5.60. The Morgan fingerprint density at radius 1 is 1.16 bits per heavy atom. The van der Waals surface area contributed by atoms with E-state index in [1.54, 1.807) is 19.3 Å². The molecule has 2 aromatic rings. The van der Waals surface area contributed by atoms with Crippen molar-refractivity contribution < 1.29 is 32.2 Å². The lowest BCUT2D eigenvalue weighted by atomic mass is 9.98. The average Bonchev–Trinajstić information content (AvgIpc) is 3.15. The molecule has 2 fully saturated rings. The lowest BCUT2D eigenvalue weighted by Gasteiger charge is -2.24. The van der Waals surface area contributed by atoms with Crippen molar-refractivity contribution in [2.24, 2.45) is 0 Å². The zero-order valence-corrected chi connectivity index (χ0v) is 22.3. The van der Waals surface area contributed by atoms with Gasteiger partial charge < -0.3 is 14.8 Å². The summed E-state index contributed by atoms with van der Waals surface area (Å²) in [6.07, 6.45) is 2.81. The zero-order valence-electron chi connectivity index (χ0n) is 20.7. The highest BCUT2D eigenvalue weighted by atomic mass is 32.2. The summed E-state index contributed by atoms with van der Waals surface area (Å²) in [7, 11) is 1.57. The topological polar surface area (TPSA) is 67.9 Å². The Hall–Kier alpha value is -3.05. The Morgan fingerprint density at radius 2 is 1.92 bits per heavy atom. The molecule has 11 heteroatoms. The molecule has 1 aliphatic carbocycles. The Labute approximate surface area is 228 Å². The number of carbonyl (C=O) groups excluding carboxylic acids is 2. The number of alkyl halides is 3. The van der Waals surface area contributed by atoms with Gasteiger partial charge in [-0.1, -0.05) is 42.5 Å². The number of anilines is 1. The molecule has 0 unspecified atom stereocenters. The second-order valence-electron chi connectivity index (χ2n) is 9.00. The predicted octanol–water partition coefficient (Wildman–Crippen LogP) is 6.66. The van der Waals surface area contributed by atoms with Crippen molar-refractivity contribution >= 4 is 51.9 Å². The van der Waals surface area contributed by atoms with Crippen LogP contribution in [-0.4, -0.2) is 40.8 Å². The molecule has 1 aliphatic heterocycles. The first kappa shape index (κ1) is 28.0. The van der Waals surface area contributed by atoms with E-state index in [1.807, 2.05) is 12.1 Å². The van der Waals surface area contributed by atoms with Crippen LogP contribution >= 0.6 is 24.0 Å². The van der Waals surface area contributed by atoms with Crippen LogP contribution in [0, 0.1) is 0 Å². The fraction of sp³-hybridized carbons (Fsp3) is 0.370. The van der Waals surface area contributed by atoms with Crippen LogP contribution in [0.5, 0.6) is 11.5 Å². The maximum absolute atomic E-state index is 13.0. The highest BCUT2D eigenvalue weighted by molar-refractivity contribution is 8.26. The highest BCUT2D eigenvalue weighted by Gasteiger charge is 2.33. The second-order valence-corrected chi connectivity index (χ2v) is 10.7. The predicted molar refractivity (Wildman–Crippen MR) is 145 cm³/mol. The molecular formula is C27H27F3N2O4S2. The lowest BCUT2D eigenvalue weighted by molar-refractivity contribution is -0.137. The average molecular weight is 565 g/mol. The number of ether oxygens (including phenoxy) is 2. The van der Waals surface area contributed by atoms with Crippen LogP contribution in [0.15, 0.2) is 47.4 Å². The molecule has 2 aromatic carbocycles. The van der Waals surface area contributed by atoms with Gasteiger partial charge in [0.05, 0.1) is 23.7 Å². The molecule has 4 rings (SSSR count). The van der Waals surface area contributed by atoms with Gasteiger partial charge in [-0.2, -0.15) is 13.2 Å². The largest absolute Gasteiger partial charge is 0.493 e. The molecule has 202 valence electrons. The molecule has 6 nitrogen and oxygen atoms in total. The third-order valence-corrected chi connectivity index (χ3v) is 7.62. The first-order chi connectivity index (χ1) is 18.1. The van der Waals surface area contributed by atoms with Crippen LogP contribution in [-0.2, 0) is 15.8 Å². The zero-order chi connectivity index (χ0) is 27.3. The Morgan fingerprint density at radius 3 is 2.63 bits per heavy atom. The van der Waals surface area contributed by atoms with Gasteiger partial charge in [0.1, 0.15) is 4.32 Å². The summed E-state index contributed by atoms with van der Waals surface area (Å²) in [4.78, 5) is 27.0. The SMILES string of the molecule is COc1cc(/C=C2\SC(=S)N(CCC(=O)Nc3cccc(C(F)(F)F)c3)C2=O)ccc1OC1CCCCC1. The number of hydrogen-bond donors (Lipinski definition) is 1. The van der Waals surface area contributed by atoms with Crippen LogP contribution in [0.3, 0.4) is 0 Å². The molecule has 0 atom stereocenters. The van der Waals surface area contributed by atoms with E-state index in [0.29, 0.717) is 20.7 Å². The van der Waals surface area contributed by atoms with Crippen molar-refractivity contribution in [3.05, 3.63) is 58.5 Å². The van der Waals surface area contributed by atoms with Gasteiger partial charge in [-0.05, 0) is 67.7 Å². The number of nitrogens with one attached hydrogen (secondary N) is 1. The van der Waals surface area contributed by atoms with Gasteiger partial charge in [0, 0.05) is 18.7 Å². The van der Waals surface area contributed by atoms with Gasteiger partial charge in [-0.3, -0.25) is 14.5 Å². The van der Waals surface area contributed by atoms with Gasteiger partial charge in [-0.25, -0.2) is 0 Å². The number of rotatable bonds is 8. The number of halogens is 3. The van der Waals surface area contributed by atoms with E-state index in [2.05, 4.69) is 5.32 Å². The minimum Gasteiger partial charge on any atom is -0.493 e. The van der Waals surface area contributed by atoms with Crippen LogP contribution in [0.4, 0.5) is 18.9 Å². The van der Waals surface area contributed by atoms with Crippen molar-refractivity contribution in [2.75, 3.05) is 19.0 Å². The summed E-state index contributed by atoms with van der Waals surface area (Å²) in [5.74, 6) is 0.371. The molecule has 0 aromatic heterocycles. The smallest absolute Gasteiger partial charge is 0.416 e. The maximum atomic E-state index is 13.0. The van der Waals surface area contributed by atoms with E-state index in [9.17, 15) is 22.8 Å². The Bertz CT molecular complexity index is 1240. The van der Waals surface area contributed by atoms with Crippen LogP contribution in [0.25, 0.3) is 6.08 Å². The number of thioether (sulfide) groups is 1. The van der Waals surface area contributed by atoms with Gasteiger partial charge in [-0.15, -0.1) is 0 Å². The van der Waals surface area contributed by atoms with Gasteiger partial charge in [0.25, 0.3) is 5.91 Å². The molecule has 1 saturated heterocycles. The van der Waals surface area contributed by atoms with Crippen molar-refractivity contribution in [1.29, 1.82) is 0 Å². The van der Waals surface area contributed by atoms with Crippen molar-refractivity contribution in [1.82, 2.24) is 4.90 Å². The summed E-state index contributed by atoms with van der Waals surface area (Å²) in [5, 5.41) is 2.44. The number of thiocarbonyl (C=S) groups is 1. The quantitative estimate of drug-likeness (QED) is 0.286. The van der Waals surface area contributed by atoms with Crippen LogP contribution in [0.2, 0.25) is 0 Å². The number of nitrogens with zero attached hydrogens (tertiary/aromatic N) is 1. The Kier molecular flexibility index (Phi) is 8.99. The highest BCUT2D eigenvalue weighted by Crippen LogP contribution is 2.36. The van der Waals surface area contributed by atoms with E-state index in [0.717, 1.165) is 55.1 Å². The molecule has 38 heavy (non-hydrogen) atoms. The molecule has 2 aliphatic rings. The molecule has 2 amide bonds. The summed E-state index contributed by atoms with van der Waals surface area (Å²) in [6, 6.07) is 9.85. The number of methoxy groups -OCH3 is 1. The monoisotopic (exact) mass is 564 g/mol. The Balaban J connectivity index is 1.37. The number of benzene rings is 2. The van der Waals surface area contributed by atoms with E-state index >= 15 is 0 Å². The van der Waals surface area contributed by atoms with Crippen LogP contribution < -0.4 is 14.8 Å². The molecule has 0 spiro atoms. The summed E-state index contributed by atoms with van der Waals surface area (Å²) >= 11 is 6.46. The van der Waals surface area contributed by atoms with E-state index in [-0.39, 0.29) is 30.7 Å². The van der Waals surface area contributed by atoms with Crippen molar-refractivity contribution in [3.8, 4) is 11.5 Å². The van der Waals surface area contributed by atoms with Gasteiger partial charge >= 0.3 is 6.18 Å². The van der Waals surface area contributed by atoms with E-state index in [1.165, 1.54) is 23.5 Å². The summed E-state index contributed by atoms with van der Waals surface area (Å²) < 4.78 is 50.7. The molecule has 1 saturated carbocycles. The first-order valence-electron chi connectivity index (χ1n) is 12.2. The minimum atomic E-state index is -4.51. The van der Waals surface area contributed by atoms with Crippen molar-refractivity contribution in [2.45, 2.75) is 50.8 Å². The minimum absolute atomic E-state index is 0.00425. The molecule has 0 radical (unpaired) electrons. The van der Waals surface area contributed by atoms with Gasteiger partial charge in [0.15, 0.2) is 11.5 Å². The second kappa shape index (κ2) is 12.2. The number of amides is 2. The molecule has 0 bridgehead atoms. The fourth-order valence-electron chi connectivity index (χ4n) is 4.29. The normalized spacial score (nSPS) is 17.7. The van der Waals surface area contributed by atoms with Gasteiger partial charge in [0.2, 0.25) is 5.91 Å². The van der Waals surface area contributed by atoms with E-state index < -0.39 is 17.6 Å². The summed E-state index contributed by atoms with van der Waals surface area (Å²) in [6.45, 7) is 0.00425. The third kappa shape index (κ3) is 7.08.